The van der Waals surface area contributed by atoms with E-state index in [0.29, 0.717) is 17.1 Å². The number of amides is 1. The molecule has 0 fully saturated rings. The number of rotatable bonds is 6. The molecular formula is C17H19N3O4. The third-order valence-electron chi connectivity index (χ3n) is 3.62. The minimum atomic E-state index is -0.500. The summed E-state index contributed by atoms with van der Waals surface area (Å²) in [6, 6.07) is 9.82. The van der Waals surface area contributed by atoms with Crippen molar-refractivity contribution in [1.29, 1.82) is 0 Å². The Morgan fingerprint density at radius 1 is 1.17 bits per heavy atom. The summed E-state index contributed by atoms with van der Waals surface area (Å²) in [5.41, 5.74) is 3.25. The van der Waals surface area contributed by atoms with Gasteiger partial charge in [0.15, 0.2) is 0 Å². The average molecular weight is 329 g/mol. The van der Waals surface area contributed by atoms with Gasteiger partial charge in [0.25, 0.3) is 5.69 Å². The van der Waals surface area contributed by atoms with Crippen LogP contribution in [-0.2, 0) is 4.79 Å². The second kappa shape index (κ2) is 7.45. The summed E-state index contributed by atoms with van der Waals surface area (Å²) >= 11 is 0. The van der Waals surface area contributed by atoms with Crippen molar-refractivity contribution in [3.8, 4) is 5.75 Å². The van der Waals surface area contributed by atoms with Crippen molar-refractivity contribution in [2.75, 3.05) is 24.3 Å². The van der Waals surface area contributed by atoms with E-state index in [1.165, 1.54) is 25.3 Å². The first kappa shape index (κ1) is 17.3. The molecular weight excluding hydrogens is 310 g/mol. The number of non-ortho nitro benzene ring substituents is 1. The van der Waals surface area contributed by atoms with Gasteiger partial charge in [0.1, 0.15) is 5.75 Å². The smallest absolute Gasteiger partial charge is 0.271 e. The van der Waals surface area contributed by atoms with E-state index < -0.39 is 4.92 Å². The molecule has 0 aliphatic carbocycles. The van der Waals surface area contributed by atoms with Crippen LogP contribution in [0.25, 0.3) is 0 Å². The van der Waals surface area contributed by atoms with Crippen molar-refractivity contribution in [3.05, 3.63) is 57.6 Å². The minimum Gasteiger partial charge on any atom is -0.495 e. The summed E-state index contributed by atoms with van der Waals surface area (Å²) in [5.74, 6) is 0.173. The van der Waals surface area contributed by atoms with Gasteiger partial charge in [-0.15, -0.1) is 0 Å². The molecule has 0 aliphatic rings. The average Bonchev–Trinajstić information content (AvgIpc) is 2.56. The quantitative estimate of drug-likeness (QED) is 0.626. The molecule has 0 saturated carbocycles. The van der Waals surface area contributed by atoms with Crippen molar-refractivity contribution >= 4 is 23.0 Å². The number of hydrogen-bond acceptors (Lipinski definition) is 5. The van der Waals surface area contributed by atoms with Crippen LogP contribution in [-0.4, -0.2) is 24.5 Å². The van der Waals surface area contributed by atoms with Crippen molar-refractivity contribution in [2.24, 2.45) is 0 Å². The molecule has 0 atom stereocenters. The molecule has 2 rings (SSSR count). The molecule has 126 valence electrons. The number of carbonyl (C=O) groups excluding carboxylic acids is 1. The third kappa shape index (κ3) is 4.22. The molecule has 2 N–H and O–H groups in total. The van der Waals surface area contributed by atoms with Crippen LogP contribution >= 0.6 is 0 Å². The molecule has 1 amide bonds. The second-order valence-electron chi connectivity index (χ2n) is 5.34. The Bertz CT molecular complexity index is 774. The SMILES string of the molecule is COc1ccc([N+](=O)[O-])cc1NCC(=O)Nc1ccc(C)c(C)c1. The number of nitro benzene ring substituents is 1. The van der Waals surface area contributed by atoms with Crippen LogP contribution in [0.15, 0.2) is 36.4 Å². The number of benzene rings is 2. The zero-order chi connectivity index (χ0) is 17.7. The van der Waals surface area contributed by atoms with Crippen LogP contribution in [0.2, 0.25) is 0 Å². The summed E-state index contributed by atoms with van der Waals surface area (Å²) in [6.07, 6.45) is 0. The van der Waals surface area contributed by atoms with Gasteiger partial charge in [-0.25, -0.2) is 0 Å². The van der Waals surface area contributed by atoms with E-state index in [1.807, 2.05) is 32.0 Å². The fourth-order valence-corrected chi connectivity index (χ4v) is 2.15. The molecule has 2 aromatic rings. The molecule has 0 aromatic heterocycles. The highest BCUT2D eigenvalue weighted by Gasteiger charge is 2.12. The second-order valence-corrected chi connectivity index (χ2v) is 5.34. The monoisotopic (exact) mass is 329 g/mol. The number of nitrogens with zero attached hydrogens (tertiary/aromatic N) is 1. The molecule has 24 heavy (non-hydrogen) atoms. The predicted octanol–water partition coefficient (Wildman–Crippen LogP) is 3.27. The Hall–Kier alpha value is -3.09. The van der Waals surface area contributed by atoms with E-state index in [9.17, 15) is 14.9 Å². The summed E-state index contributed by atoms with van der Waals surface area (Å²) < 4.78 is 5.14. The molecule has 0 saturated heterocycles. The molecule has 2 aromatic carbocycles. The fraction of sp³-hybridized carbons (Fsp3) is 0.235. The van der Waals surface area contributed by atoms with E-state index in [2.05, 4.69) is 10.6 Å². The number of anilines is 2. The summed E-state index contributed by atoms with van der Waals surface area (Å²) in [4.78, 5) is 22.4. The van der Waals surface area contributed by atoms with Crippen LogP contribution in [0.4, 0.5) is 17.1 Å². The zero-order valence-electron chi connectivity index (χ0n) is 13.8. The number of nitro groups is 1. The van der Waals surface area contributed by atoms with Gasteiger partial charge in [-0.05, 0) is 43.2 Å². The number of carbonyl (C=O) groups is 1. The molecule has 0 unspecified atom stereocenters. The predicted molar refractivity (Wildman–Crippen MR) is 92.7 cm³/mol. The lowest BCUT2D eigenvalue weighted by molar-refractivity contribution is -0.384. The van der Waals surface area contributed by atoms with Gasteiger partial charge in [0.2, 0.25) is 5.91 Å². The third-order valence-corrected chi connectivity index (χ3v) is 3.62. The highest BCUT2D eigenvalue weighted by Crippen LogP contribution is 2.28. The van der Waals surface area contributed by atoms with Gasteiger partial charge in [-0.1, -0.05) is 6.07 Å². The first-order valence-corrected chi connectivity index (χ1v) is 7.34. The summed E-state index contributed by atoms with van der Waals surface area (Å²) in [6.45, 7) is 3.93. The molecule has 0 heterocycles. The van der Waals surface area contributed by atoms with Gasteiger partial charge in [-0.2, -0.15) is 0 Å². The molecule has 7 heteroatoms. The van der Waals surface area contributed by atoms with E-state index in [-0.39, 0.29) is 18.1 Å². The maximum atomic E-state index is 12.1. The first-order chi connectivity index (χ1) is 11.4. The zero-order valence-corrected chi connectivity index (χ0v) is 13.8. The molecule has 7 nitrogen and oxygen atoms in total. The van der Waals surface area contributed by atoms with E-state index in [1.54, 1.807) is 0 Å². The van der Waals surface area contributed by atoms with Crippen molar-refractivity contribution in [1.82, 2.24) is 0 Å². The first-order valence-electron chi connectivity index (χ1n) is 7.34. The van der Waals surface area contributed by atoms with Crippen LogP contribution in [0.3, 0.4) is 0 Å². The number of ether oxygens (including phenoxy) is 1. The van der Waals surface area contributed by atoms with E-state index in [4.69, 9.17) is 4.74 Å². The summed E-state index contributed by atoms with van der Waals surface area (Å²) in [5, 5.41) is 16.5. The van der Waals surface area contributed by atoms with Gasteiger partial charge < -0.3 is 15.4 Å². The van der Waals surface area contributed by atoms with E-state index >= 15 is 0 Å². The Labute approximate surface area is 139 Å². The van der Waals surface area contributed by atoms with Gasteiger partial charge in [-0.3, -0.25) is 14.9 Å². The van der Waals surface area contributed by atoms with Crippen molar-refractivity contribution in [3.63, 3.8) is 0 Å². The highest BCUT2D eigenvalue weighted by molar-refractivity contribution is 5.94. The Morgan fingerprint density at radius 2 is 1.92 bits per heavy atom. The lowest BCUT2D eigenvalue weighted by Gasteiger charge is -2.12. The van der Waals surface area contributed by atoms with Gasteiger partial charge >= 0.3 is 0 Å². The number of hydrogen-bond donors (Lipinski definition) is 2. The fourth-order valence-electron chi connectivity index (χ4n) is 2.15. The molecule has 0 bridgehead atoms. The molecule has 0 spiro atoms. The van der Waals surface area contributed by atoms with E-state index in [0.717, 1.165) is 11.1 Å². The van der Waals surface area contributed by atoms with Crippen LogP contribution in [0, 0.1) is 24.0 Å². The number of methoxy groups -OCH3 is 1. The van der Waals surface area contributed by atoms with Gasteiger partial charge in [0.05, 0.1) is 24.3 Å². The number of aryl methyl sites for hydroxylation is 2. The minimum absolute atomic E-state index is 0.0373. The van der Waals surface area contributed by atoms with Crippen molar-refractivity contribution < 1.29 is 14.5 Å². The maximum absolute atomic E-state index is 12.1. The molecule has 0 aliphatic heterocycles. The largest absolute Gasteiger partial charge is 0.495 e. The van der Waals surface area contributed by atoms with Gasteiger partial charge in [0, 0.05) is 17.8 Å². The molecule has 0 radical (unpaired) electrons. The Kier molecular flexibility index (Phi) is 5.36. The topological polar surface area (TPSA) is 93.5 Å². The van der Waals surface area contributed by atoms with Crippen molar-refractivity contribution in [2.45, 2.75) is 13.8 Å². The van der Waals surface area contributed by atoms with Crippen LogP contribution < -0.4 is 15.4 Å². The number of nitrogens with one attached hydrogen (secondary N) is 2. The Morgan fingerprint density at radius 3 is 2.54 bits per heavy atom. The lowest BCUT2D eigenvalue weighted by atomic mass is 10.1. The lowest BCUT2D eigenvalue weighted by Crippen LogP contribution is -2.22. The standard InChI is InChI=1S/C17H19N3O4/c1-11-4-5-13(8-12(11)2)19-17(21)10-18-15-9-14(20(22)23)6-7-16(15)24-3/h4-9,18H,10H2,1-3H3,(H,19,21). The summed E-state index contributed by atoms with van der Waals surface area (Å²) in [7, 11) is 1.46. The Balaban J connectivity index is 2.04. The maximum Gasteiger partial charge on any atom is 0.271 e. The highest BCUT2D eigenvalue weighted by atomic mass is 16.6. The van der Waals surface area contributed by atoms with Crippen LogP contribution in [0.5, 0.6) is 5.75 Å². The van der Waals surface area contributed by atoms with Crippen LogP contribution in [0.1, 0.15) is 11.1 Å². The normalized spacial score (nSPS) is 10.1.